The summed E-state index contributed by atoms with van der Waals surface area (Å²) in [5.41, 5.74) is 2.05. The lowest BCUT2D eigenvalue weighted by Crippen LogP contribution is -2.14. The zero-order chi connectivity index (χ0) is 20.4. The fourth-order valence-electron chi connectivity index (χ4n) is 3.20. The molecule has 0 fully saturated rings. The van der Waals surface area contributed by atoms with E-state index in [1.807, 2.05) is 22.9 Å². The minimum Gasteiger partial charge on any atom is -0.367 e. The highest BCUT2D eigenvalue weighted by Gasteiger charge is 2.18. The predicted molar refractivity (Wildman–Crippen MR) is 116 cm³/mol. The van der Waals surface area contributed by atoms with Gasteiger partial charge in [0, 0.05) is 50.0 Å². The molecule has 4 rings (SSSR count). The van der Waals surface area contributed by atoms with Crippen LogP contribution in [0.15, 0.2) is 66.0 Å². The van der Waals surface area contributed by atoms with Gasteiger partial charge in [-0.2, -0.15) is 0 Å². The Bertz CT molecular complexity index is 1210. The van der Waals surface area contributed by atoms with Gasteiger partial charge < -0.3 is 14.3 Å². The van der Waals surface area contributed by atoms with Gasteiger partial charge >= 0.3 is 0 Å². The molecule has 0 radical (unpaired) electrons. The van der Waals surface area contributed by atoms with Crippen LogP contribution in [0.1, 0.15) is 17.2 Å². The Morgan fingerprint density at radius 2 is 1.86 bits per heavy atom. The fourth-order valence-corrected chi connectivity index (χ4v) is 3.90. The molecule has 29 heavy (non-hydrogen) atoms. The third kappa shape index (κ3) is 4.65. The number of ether oxygens (including phenoxy) is 1. The average molecular weight is 449 g/mol. The molecule has 0 aliphatic carbocycles. The van der Waals surface area contributed by atoms with Crippen LogP contribution in [0.5, 0.6) is 0 Å². The highest BCUT2D eigenvalue weighted by molar-refractivity contribution is 6.35. The number of imidazole rings is 1. The summed E-state index contributed by atoms with van der Waals surface area (Å²) in [6.45, 7) is 0.711. The molecule has 0 amide bonds. The lowest BCUT2D eigenvalue weighted by atomic mass is 10.1. The van der Waals surface area contributed by atoms with Gasteiger partial charge in [-0.3, -0.25) is 4.79 Å². The molecule has 0 spiro atoms. The van der Waals surface area contributed by atoms with Crippen molar-refractivity contribution in [3.63, 3.8) is 0 Å². The first-order chi connectivity index (χ1) is 14.0. The molecule has 0 saturated carbocycles. The van der Waals surface area contributed by atoms with Gasteiger partial charge in [0.2, 0.25) is 5.56 Å². The minimum absolute atomic E-state index is 0.200. The fraction of sp³-hybridized carbons (Fsp3) is 0.143. The number of pyridine rings is 1. The van der Waals surface area contributed by atoms with Crippen molar-refractivity contribution in [2.24, 2.45) is 0 Å². The number of aromatic nitrogens is 3. The third-order valence-corrected chi connectivity index (χ3v) is 5.37. The van der Waals surface area contributed by atoms with Crippen molar-refractivity contribution in [1.29, 1.82) is 0 Å². The van der Waals surface area contributed by atoms with Crippen molar-refractivity contribution in [2.45, 2.75) is 19.3 Å². The molecular formula is C21H16Cl3N3O2. The Balaban J connectivity index is 1.67. The standard InChI is InChI=1S/C21H16Cl3N3O2/c22-14-2-4-19-17(8-14)13(7-21(28)26-19)11-29-20(10-27-6-5-25-12-27)16-3-1-15(23)9-18(16)24/h1-9,12,20H,10-11H2,(H,26,28). The number of nitrogens with zero attached hydrogens (tertiary/aromatic N) is 2. The topological polar surface area (TPSA) is 59.9 Å². The van der Waals surface area contributed by atoms with E-state index < -0.39 is 0 Å². The second kappa shape index (κ2) is 8.59. The van der Waals surface area contributed by atoms with Crippen LogP contribution in [0.2, 0.25) is 15.1 Å². The summed E-state index contributed by atoms with van der Waals surface area (Å²) >= 11 is 18.6. The van der Waals surface area contributed by atoms with E-state index in [0.717, 1.165) is 16.5 Å². The first-order valence-corrected chi connectivity index (χ1v) is 9.97. The normalized spacial score (nSPS) is 12.4. The van der Waals surface area contributed by atoms with E-state index >= 15 is 0 Å². The summed E-state index contributed by atoms with van der Waals surface area (Å²) in [5, 5.41) is 2.49. The number of halogens is 3. The van der Waals surface area contributed by atoms with Crippen LogP contribution in [0.3, 0.4) is 0 Å². The zero-order valence-corrected chi connectivity index (χ0v) is 17.4. The van der Waals surface area contributed by atoms with Gasteiger partial charge in [0.1, 0.15) is 6.10 Å². The Morgan fingerprint density at radius 1 is 1.07 bits per heavy atom. The molecule has 0 aliphatic rings. The molecule has 4 aromatic rings. The lowest BCUT2D eigenvalue weighted by molar-refractivity contribution is 0.0286. The van der Waals surface area contributed by atoms with Gasteiger partial charge in [-0.15, -0.1) is 0 Å². The molecule has 0 bridgehead atoms. The number of hydrogen-bond donors (Lipinski definition) is 1. The number of aromatic amines is 1. The number of fused-ring (bicyclic) bond motifs is 1. The van der Waals surface area contributed by atoms with Crippen LogP contribution < -0.4 is 5.56 Å². The van der Waals surface area contributed by atoms with E-state index in [0.29, 0.717) is 27.1 Å². The van der Waals surface area contributed by atoms with Crippen LogP contribution in [-0.4, -0.2) is 14.5 Å². The van der Waals surface area contributed by atoms with Crippen LogP contribution in [0.4, 0.5) is 0 Å². The molecule has 2 aromatic heterocycles. The van der Waals surface area contributed by atoms with E-state index in [-0.39, 0.29) is 18.3 Å². The molecule has 0 saturated heterocycles. The summed E-state index contributed by atoms with van der Waals surface area (Å²) < 4.78 is 8.14. The summed E-state index contributed by atoms with van der Waals surface area (Å²) in [7, 11) is 0. The molecule has 148 valence electrons. The van der Waals surface area contributed by atoms with Crippen molar-refractivity contribution in [1.82, 2.24) is 14.5 Å². The zero-order valence-electron chi connectivity index (χ0n) is 15.1. The van der Waals surface area contributed by atoms with Crippen LogP contribution in [0, 0.1) is 0 Å². The molecule has 8 heteroatoms. The monoisotopic (exact) mass is 447 g/mol. The molecule has 1 atom stereocenters. The molecular weight excluding hydrogens is 433 g/mol. The Hall–Kier alpha value is -2.31. The van der Waals surface area contributed by atoms with E-state index in [1.165, 1.54) is 6.07 Å². The number of rotatable bonds is 6. The van der Waals surface area contributed by atoms with Crippen LogP contribution in [-0.2, 0) is 17.9 Å². The summed E-state index contributed by atoms with van der Waals surface area (Å²) in [5.74, 6) is 0. The molecule has 1 unspecified atom stereocenters. The second-order valence-electron chi connectivity index (χ2n) is 6.57. The van der Waals surface area contributed by atoms with Crippen molar-refractivity contribution >= 4 is 45.7 Å². The smallest absolute Gasteiger partial charge is 0.248 e. The van der Waals surface area contributed by atoms with Crippen LogP contribution in [0.25, 0.3) is 10.9 Å². The third-order valence-electron chi connectivity index (χ3n) is 4.58. The van der Waals surface area contributed by atoms with Gasteiger partial charge in [0.15, 0.2) is 0 Å². The average Bonchev–Trinajstić information content (AvgIpc) is 3.19. The van der Waals surface area contributed by atoms with E-state index in [1.54, 1.807) is 36.8 Å². The highest BCUT2D eigenvalue weighted by Crippen LogP contribution is 2.31. The maximum atomic E-state index is 12.1. The van der Waals surface area contributed by atoms with Gasteiger partial charge in [0.05, 0.1) is 19.5 Å². The first kappa shape index (κ1) is 20.0. The van der Waals surface area contributed by atoms with E-state index in [4.69, 9.17) is 39.5 Å². The van der Waals surface area contributed by atoms with Crippen molar-refractivity contribution in [2.75, 3.05) is 0 Å². The van der Waals surface area contributed by atoms with Gasteiger partial charge in [-0.1, -0.05) is 40.9 Å². The maximum absolute atomic E-state index is 12.1. The summed E-state index contributed by atoms with van der Waals surface area (Å²) in [4.78, 5) is 18.9. The lowest BCUT2D eigenvalue weighted by Gasteiger charge is -2.21. The number of hydrogen-bond acceptors (Lipinski definition) is 3. The largest absolute Gasteiger partial charge is 0.367 e. The van der Waals surface area contributed by atoms with Crippen LogP contribution >= 0.6 is 34.8 Å². The van der Waals surface area contributed by atoms with Gasteiger partial charge in [0.25, 0.3) is 0 Å². The maximum Gasteiger partial charge on any atom is 0.248 e. The van der Waals surface area contributed by atoms with Gasteiger partial charge in [-0.25, -0.2) is 4.98 Å². The van der Waals surface area contributed by atoms with Gasteiger partial charge in [-0.05, 0) is 35.9 Å². The Labute approximate surface area is 181 Å². The molecule has 0 aliphatic heterocycles. The molecule has 5 nitrogen and oxygen atoms in total. The Morgan fingerprint density at radius 3 is 2.62 bits per heavy atom. The number of nitrogens with one attached hydrogen (secondary N) is 1. The van der Waals surface area contributed by atoms with Crippen molar-refractivity contribution in [3.05, 3.63) is 97.7 Å². The molecule has 2 heterocycles. The molecule has 2 aromatic carbocycles. The minimum atomic E-state index is -0.373. The summed E-state index contributed by atoms with van der Waals surface area (Å²) in [6, 6.07) is 12.2. The van der Waals surface area contributed by atoms with E-state index in [9.17, 15) is 4.79 Å². The van der Waals surface area contributed by atoms with E-state index in [2.05, 4.69) is 9.97 Å². The second-order valence-corrected chi connectivity index (χ2v) is 7.85. The first-order valence-electron chi connectivity index (χ1n) is 8.83. The van der Waals surface area contributed by atoms with Crippen molar-refractivity contribution in [3.8, 4) is 0 Å². The SMILES string of the molecule is O=c1cc(COC(Cn2ccnc2)c2ccc(Cl)cc2Cl)c2cc(Cl)ccc2[nH]1. The quantitative estimate of drug-likeness (QED) is 0.415. The number of H-pyrrole nitrogens is 1. The van der Waals surface area contributed by atoms with Crippen molar-refractivity contribution < 1.29 is 4.74 Å². The predicted octanol–water partition coefficient (Wildman–Crippen LogP) is 5.64. The highest BCUT2D eigenvalue weighted by atomic mass is 35.5. The molecule has 1 N–H and O–H groups in total. The summed E-state index contributed by atoms with van der Waals surface area (Å²) in [6.07, 6.45) is 4.89. The number of benzene rings is 2. The Kier molecular flexibility index (Phi) is 5.92.